The number of halogens is 2. The van der Waals surface area contributed by atoms with Gasteiger partial charge in [0.1, 0.15) is 28.8 Å². The molecule has 1 amide bonds. The predicted molar refractivity (Wildman–Crippen MR) is 99.4 cm³/mol. The van der Waals surface area contributed by atoms with Crippen LogP contribution < -0.4 is 15.4 Å². The molecule has 0 saturated carbocycles. The van der Waals surface area contributed by atoms with Crippen molar-refractivity contribution in [2.24, 2.45) is 0 Å². The lowest BCUT2D eigenvalue weighted by atomic mass is 10.2. The highest BCUT2D eigenvalue weighted by Gasteiger charge is 2.14. The van der Waals surface area contributed by atoms with Gasteiger partial charge in [-0.05, 0) is 43.3 Å². The Labute approximate surface area is 155 Å². The summed E-state index contributed by atoms with van der Waals surface area (Å²) in [4.78, 5) is 16.2. The topological polar surface area (TPSA) is 63.2 Å². The summed E-state index contributed by atoms with van der Waals surface area (Å²) >= 11 is 0. The average Bonchev–Trinajstić information content (AvgIpc) is 2.67. The van der Waals surface area contributed by atoms with Gasteiger partial charge in [0.25, 0.3) is 5.91 Å². The van der Waals surface area contributed by atoms with Crippen LogP contribution in [0.4, 0.5) is 25.8 Å². The standard InChI is InChI=1S/C20H17F2N3O2/c1-2-27-18-9-4-3-8-16(18)24-13-10-11-17(23-12-13)20(26)25-19-14(21)6-5-7-15(19)22/h3-12,24H,2H2,1H3,(H,25,26). The molecule has 3 rings (SSSR count). The third-order valence-corrected chi connectivity index (χ3v) is 3.66. The van der Waals surface area contributed by atoms with Crippen LogP contribution in [0.5, 0.6) is 5.75 Å². The third kappa shape index (κ3) is 4.38. The van der Waals surface area contributed by atoms with Crippen molar-refractivity contribution < 1.29 is 18.3 Å². The summed E-state index contributed by atoms with van der Waals surface area (Å²) in [5, 5.41) is 5.35. The molecule has 0 bridgehead atoms. The molecule has 0 aliphatic heterocycles. The summed E-state index contributed by atoms with van der Waals surface area (Å²) in [6, 6.07) is 13.9. The van der Waals surface area contributed by atoms with E-state index in [1.54, 1.807) is 6.07 Å². The number of nitrogens with zero attached hydrogens (tertiary/aromatic N) is 1. The van der Waals surface area contributed by atoms with E-state index in [0.717, 1.165) is 17.8 Å². The summed E-state index contributed by atoms with van der Waals surface area (Å²) in [5.74, 6) is -1.72. The molecule has 0 unspecified atom stereocenters. The van der Waals surface area contributed by atoms with Crippen LogP contribution >= 0.6 is 0 Å². The minimum Gasteiger partial charge on any atom is -0.492 e. The van der Waals surface area contributed by atoms with Gasteiger partial charge in [-0.25, -0.2) is 13.8 Å². The maximum Gasteiger partial charge on any atom is 0.274 e. The fourth-order valence-corrected chi connectivity index (χ4v) is 2.40. The minimum absolute atomic E-state index is 0.0290. The molecule has 7 heteroatoms. The molecule has 27 heavy (non-hydrogen) atoms. The van der Waals surface area contributed by atoms with Crippen LogP contribution in [0.3, 0.4) is 0 Å². The Bertz CT molecular complexity index is 926. The first-order chi connectivity index (χ1) is 13.1. The molecule has 0 aliphatic rings. The van der Waals surface area contributed by atoms with Crippen LogP contribution in [-0.2, 0) is 0 Å². The number of carbonyl (C=O) groups is 1. The molecule has 5 nitrogen and oxygen atoms in total. The number of amides is 1. The molecule has 0 spiro atoms. The van der Waals surface area contributed by atoms with Crippen molar-refractivity contribution in [1.82, 2.24) is 4.98 Å². The minimum atomic E-state index is -0.853. The fourth-order valence-electron chi connectivity index (χ4n) is 2.40. The van der Waals surface area contributed by atoms with Crippen molar-refractivity contribution in [3.63, 3.8) is 0 Å². The van der Waals surface area contributed by atoms with Crippen molar-refractivity contribution in [3.05, 3.63) is 78.1 Å². The van der Waals surface area contributed by atoms with Crippen molar-refractivity contribution in [1.29, 1.82) is 0 Å². The van der Waals surface area contributed by atoms with E-state index in [9.17, 15) is 13.6 Å². The molecule has 2 N–H and O–H groups in total. The second-order valence-electron chi connectivity index (χ2n) is 5.54. The lowest BCUT2D eigenvalue weighted by Crippen LogP contribution is -2.15. The highest BCUT2D eigenvalue weighted by atomic mass is 19.1. The zero-order chi connectivity index (χ0) is 19.2. The number of para-hydroxylation sites is 3. The molecule has 0 aliphatic carbocycles. The van der Waals surface area contributed by atoms with Crippen LogP contribution in [-0.4, -0.2) is 17.5 Å². The van der Waals surface area contributed by atoms with E-state index < -0.39 is 23.2 Å². The predicted octanol–water partition coefficient (Wildman–Crippen LogP) is 4.75. The maximum atomic E-state index is 13.6. The van der Waals surface area contributed by atoms with Gasteiger partial charge in [0.15, 0.2) is 0 Å². The Hall–Kier alpha value is -3.48. The first-order valence-electron chi connectivity index (χ1n) is 8.28. The molecule has 2 aromatic carbocycles. The third-order valence-electron chi connectivity index (χ3n) is 3.66. The molecule has 0 fully saturated rings. The normalized spacial score (nSPS) is 10.3. The van der Waals surface area contributed by atoms with Crippen LogP contribution in [0.1, 0.15) is 17.4 Å². The lowest BCUT2D eigenvalue weighted by Gasteiger charge is -2.12. The monoisotopic (exact) mass is 369 g/mol. The Balaban J connectivity index is 1.73. The van der Waals surface area contributed by atoms with E-state index in [0.29, 0.717) is 18.0 Å². The maximum absolute atomic E-state index is 13.6. The van der Waals surface area contributed by atoms with Gasteiger partial charge in [-0.1, -0.05) is 18.2 Å². The van der Waals surface area contributed by atoms with Gasteiger partial charge in [0.05, 0.1) is 24.2 Å². The molecule has 0 radical (unpaired) electrons. The highest BCUT2D eigenvalue weighted by molar-refractivity contribution is 6.03. The van der Waals surface area contributed by atoms with Crippen molar-refractivity contribution in [2.45, 2.75) is 6.92 Å². The number of carbonyl (C=O) groups excluding carboxylic acids is 1. The second-order valence-corrected chi connectivity index (χ2v) is 5.54. The molecule has 138 valence electrons. The number of aromatic nitrogens is 1. The van der Waals surface area contributed by atoms with Gasteiger partial charge in [0, 0.05) is 0 Å². The van der Waals surface area contributed by atoms with Gasteiger partial charge >= 0.3 is 0 Å². The summed E-state index contributed by atoms with van der Waals surface area (Å²) in [7, 11) is 0. The summed E-state index contributed by atoms with van der Waals surface area (Å²) < 4.78 is 32.8. The van der Waals surface area contributed by atoms with Crippen molar-refractivity contribution >= 4 is 23.0 Å². The van der Waals surface area contributed by atoms with Crippen molar-refractivity contribution in [3.8, 4) is 5.75 Å². The Morgan fingerprint density at radius 3 is 2.44 bits per heavy atom. The molecule has 0 atom stereocenters. The number of hydrogen-bond acceptors (Lipinski definition) is 4. The summed E-state index contributed by atoms with van der Waals surface area (Å²) in [6.07, 6.45) is 1.45. The van der Waals surface area contributed by atoms with Crippen LogP contribution in [0.25, 0.3) is 0 Å². The molecular weight excluding hydrogens is 352 g/mol. The number of hydrogen-bond donors (Lipinski definition) is 2. The number of benzene rings is 2. The Morgan fingerprint density at radius 1 is 1.04 bits per heavy atom. The first kappa shape index (κ1) is 18.3. The van der Waals surface area contributed by atoms with E-state index >= 15 is 0 Å². The molecular formula is C20H17F2N3O2. The van der Waals surface area contributed by atoms with Crippen LogP contribution in [0, 0.1) is 11.6 Å². The number of ether oxygens (including phenoxy) is 1. The van der Waals surface area contributed by atoms with Crippen LogP contribution in [0.2, 0.25) is 0 Å². The quantitative estimate of drug-likeness (QED) is 0.658. The smallest absolute Gasteiger partial charge is 0.274 e. The lowest BCUT2D eigenvalue weighted by molar-refractivity contribution is 0.102. The first-order valence-corrected chi connectivity index (χ1v) is 8.28. The highest BCUT2D eigenvalue weighted by Crippen LogP contribution is 2.27. The zero-order valence-electron chi connectivity index (χ0n) is 14.5. The zero-order valence-corrected chi connectivity index (χ0v) is 14.5. The SMILES string of the molecule is CCOc1ccccc1Nc1ccc(C(=O)Nc2c(F)cccc2F)nc1. The van der Waals surface area contributed by atoms with Crippen molar-refractivity contribution in [2.75, 3.05) is 17.2 Å². The van der Waals surface area contributed by atoms with E-state index in [2.05, 4.69) is 15.6 Å². The van der Waals surface area contributed by atoms with E-state index in [4.69, 9.17) is 4.74 Å². The fraction of sp³-hybridized carbons (Fsp3) is 0.100. The number of anilines is 3. The van der Waals surface area contributed by atoms with E-state index in [1.807, 2.05) is 31.2 Å². The van der Waals surface area contributed by atoms with Gasteiger partial charge in [-0.3, -0.25) is 4.79 Å². The van der Waals surface area contributed by atoms with Crippen LogP contribution in [0.15, 0.2) is 60.8 Å². The van der Waals surface area contributed by atoms with E-state index in [-0.39, 0.29) is 5.69 Å². The number of pyridine rings is 1. The molecule has 1 aromatic heterocycles. The van der Waals surface area contributed by atoms with E-state index in [1.165, 1.54) is 18.3 Å². The number of nitrogens with one attached hydrogen (secondary N) is 2. The second kappa shape index (κ2) is 8.27. The van der Waals surface area contributed by atoms with Gasteiger partial charge < -0.3 is 15.4 Å². The molecule has 0 saturated heterocycles. The van der Waals surface area contributed by atoms with Gasteiger partial charge in [-0.2, -0.15) is 0 Å². The average molecular weight is 369 g/mol. The van der Waals surface area contributed by atoms with Gasteiger partial charge in [0.2, 0.25) is 0 Å². The van der Waals surface area contributed by atoms with Gasteiger partial charge in [-0.15, -0.1) is 0 Å². The Morgan fingerprint density at radius 2 is 1.78 bits per heavy atom. The molecule has 1 heterocycles. The largest absolute Gasteiger partial charge is 0.492 e. The summed E-state index contributed by atoms with van der Waals surface area (Å²) in [6.45, 7) is 2.42. The number of rotatable bonds is 6. The molecule has 3 aromatic rings. The Kier molecular flexibility index (Phi) is 5.61. The summed E-state index contributed by atoms with van der Waals surface area (Å²) in [5.41, 5.74) is 0.918.